The van der Waals surface area contributed by atoms with Crippen LogP contribution in [0.15, 0.2) is 97.2 Å². The molecule has 0 aliphatic heterocycles. The summed E-state index contributed by atoms with van der Waals surface area (Å²) in [6.07, 6.45) is 95.7. The van der Waals surface area contributed by atoms with E-state index in [0.29, 0.717) is 19.3 Å². The van der Waals surface area contributed by atoms with Crippen LogP contribution in [0, 0.1) is 0 Å². The van der Waals surface area contributed by atoms with Gasteiger partial charge in [-0.15, -0.1) is 0 Å². The fraction of sp³-hybridized carbons (Fsp3) is 0.753. The van der Waals surface area contributed by atoms with Gasteiger partial charge in [-0.3, -0.25) is 14.4 Å². The fourth-order valence-electron chi connectivity index (χ4n) is 10.2. The van der Waals surface area contributed by atoms with E-state index in [2.05, 4.69) is 118 Å². The van der Waals surface area contributed by atoms with Crippen LogP contribution in [0.4, 0.5) is 0 Å². The van der Waals surface area contributed by atoms with Crippen LogP contribution < -0.4 is 0 Å². The van der Waals surface area contributed by atoms with Crippen LogP contribution in [-0.4, -0.2) is 37.2 Å². The van der Waals surface area contributed by atoms with Gasteiger partial charge in [0.2, 0.25) is 0 Å². The Morgan fingerprint density at radius 1 is 0.253 bits per heavy atom. The fourth-order valence-corrected chi connectivity index (χ4v) is 10.2. The molecule has 0 aliphatic rings. The lowest BCUT2D eigenvalue weighted by Crippen LogP contribution is -2.30. The number of carbonyl (C=O) groups is 3. The molecule has 1 unspecified atom stereocenters. The third-order valence-electron chi connectivity index (χ3n) is 15.5. The van der Waals surface area contributed by atoms with E-state index < -0.39 is 6.10 Å². The van der Waals surface area contributed by atoms with Crippen molar-refractivity contribution in [3.8, 4) is 0 Å². The van der Waals surface area contributed by atoms with Crippen molar-refractivity contribution in [3.05, 3.63) is 97.2 Å². The summed E-state index contributed by atoms with van der Waals surface area (Å²) in [5.41, 5.74) is 0. The minimum atomic E-state index is -0.793. The van der Waals surface area contributed by atoms with Gasteiger partial charge < -0.3 is 14.2 Å². The highest BCUT2D eigenvalue weighted by Crippen LogP contribution is 2.17. The summed E-state index contributed by atoms with van der Waals surface area (Å²) in [7, 11) is 0. The van der Waals surface area contributed by atoms with Gasteiger partial charge in [0.05, 0.1) is 0 Å². The van der Waals surface area contributed by atoms with Crippen molar-refractivity contribution in [2.24, 2.45) is 0 Å². The van der Waals surface area contributed by atoms with Gasteiger partial charge >= 0.3 is 17.9 Å². The third-order valence-corrected chi connectivity index (χ3v) is 15.5. The maximum Gasteiger partial charge on any atom is 0.306 e. The van der Waals surface area contributed by atoms with Gasteiger partial charge in [-0.05, 0) is 122 Å². The first-order valence-electron chi connectivity index (χ1n) is 35.7. The summed E-state index contributed by atoms with van der Waals surface area (Å²) < 4.78 is 17.0. The minimum Gasteiger partial charge on any atom is -0.462 e. The lowest BCUT2D eigenvalue weighted by molar-refractivity contribution is -0.167. The van der Waals surface area contributed by atoms with Gasteiger partial charge in [-0.1, -0.05) is 311 Å². The topological polar surface area (TPSA) is 78.9 Å². The van der Waals surface area contributed by atoms with Gasteiger partial charge in [0.15, 0.2) is 6.10 Å². The van der Waals surface area contributed by atoms with Gasteiger partial charge in [0.1, 0.15) is 13.2 Å². The smallest absolute Gasteiger partial charge is 0.306 e. The molecule has 0 spiro atoms. The van der Waals surface area contributed by atoms with Gasteiger partial charge in [0, 0.05) is 19.3 Å². The normalized spacial score (nSPS) is 12.7. The van der Waals surface area contributed by atoms with Crippen molar-refractivity contribution >= 4 is 17.9 Å². The number of allylic oxidation sites excluding steroid dienone is 16. The molecule has 0 heterocycles. The van der Waals surface area contributed by atoms with Crippen molar-refractivity contribution in [3.63, 3.8) is 0 Å². The lowest BCUT2D eigenvalue weighted by Gasteiger charge is -2.18. The molecule has 0 N–H and O–H groups in total. The first-order valence-corrected chi connectivity index (χ1v) is 35.7. The molecule has 0 fully saturated rings. The van der Waals surface area contributed by atoms with E-state index in [-0.39, 0.29) is 31.1 Å². The van der Waals surface area contributed by atoms with Gasteiger partial charge in [-0.25, -0.2) is 0 Å². The number of unbranched alkanes of at least 4 members (excludes halogenated alkanes) is 38. The van der Waals surface area contributed by atoms with Crippen molar-refractivity contribution in [2.75, 3.05) is 13.2 Å². The molecule has 0 bridgehead atoms. The molecule has 83 heavy (non-hydrogen) atoms. The van der Waals surface area contributed by atoms with E-state index in [4.69, 9.17) is 14.2 Å². The summed E-state index contributed by atoms with van der Waals surface area (Å²) in [4.78, 5) is 38.5. The van der Waals surface area contributed by atoms with E-state index in [9.17, 15) is 14.4 Å². The van der Waals surface area contributed by atoms with Crippen molar-refractivity contribution in [1.29, 1.82) is 0 Å². The minimum absolute atomic E-state index is 0.0855. The van der Waals surface area contributed by atoms with Gasteiger partial charge in [0.25, 0.3) is 0 Å². The van der Waals surface area contributed by atoms with Gasteiger partial charge in [-0.2, -0.15) is 0 Å². The summed E-state index contributed by atoms with van der Waals surface area (Å²) in [6, 6.07) is 0. The zero-order chi connectivity index (χ0) is 59.9. The molecule has 1 atom stereocenters. The highest BCUT2D eigenvalue weighted by atomic mass is 16.6. The predicted octanol–water partition coefficient (Wildman–Crippen LogP) is 24.8. The average Bonchev–Trinajstić information content (AvgIpc) is 3.49. The Hall–Kier alpha value is -3.67. The third kappa shape index (κ3) is 69.0. The SMILES string of the molecule is CC/C=C\C/C=C\C/C=C\C/C=C\C/C=C\C/C=C\CCCCCCC(=O)OCC(COC(=O)CCCCCCCCCCC/C=C\CCCCCCCC)OC(=O)CCCCCCCCCCCCC/C=C\CCCCCCCCCC. The maximum atomic E-state index is 13.0. The highest BCUT2D eigenvalue weighted by Gasteiger charge is 2.19. The molecule has 0 aromatic rings. The Balaban J connectivity index is 4.42. The first-order chi connectivity index (χ1) is 41.0. The average molecular weight is 1160 g/mol. The standard InChI is InChI=1S/C77H134O6/c1-4-7-10-13-16-19-22-25-28-31-34-36-38-40-43-46-49-52-55-58-61-64-67-70-76(79)82-73-74(72-81-75(78)69-66-63-60-57-54-51-48-45-42-33-30-27-24-21-18-15-12-9-6-3)83-77(80)71-68-65-62-59-56-53-50-47-44-41-39-37-35-32-29-26-23-20-17-14-11-8-5-2/h7,10,16,19,25,27-28,30,32,34-36,40,43,49,52,74H,4-6,8-9,11-15,17-18,20-24,26,29,31,33,37-39,41-42,44-48,50-51,53-73H2,1-3H3/b10-7-,19-16-,28-25-,30-27-,35-32-,36-34-,43-40-,52-49-. The Morgan fingerprint density at radius 2 is 0.470 bits per heavy atom. The van der Waals surface area contributed by atoms with E-state index in [1.165, 1.54) is 205 Å². The summed E-state index contributed by atoms with van der Waals surface area (Å²) in [5, 5.41) is 0. The summed E-state index contributed by atoms with van der Waals surface area (Å²) >= 11 is 0. The number of hydrogen-bond acceptors (Lipinski definition) is 6. The van der Waals surface area contributed by atoms with E-state index in [1.54, 1.807) is 0 Å². The number of rotatable bonds is 65. The molecule has 0 saturated heterocycles. The predicted molar refractivity (Wildman–Crippen MR) is 362 cm³/mol. The van der Waals surface area contributed by atoms with E-state index in [0.717, 1.165) is 109 Å². The van der Waals surface area contributed by atoms with Crippen LogP contribution in [-0.2, 0) is 28.6 Å². The highest BCUT2D eigenvalue weighted by molar-refractivity contribution is 5.71. The van der Waals surface area contributed by atoms with Crippen LogP contribution in [0.3, 0.4) is 0 Å². The molecular formula is C77H134O6. The molecule has 6 heteroatoms. The van der Waals surface area contributed by atoms with Crippen molar-refractivity contribution in [2.45, 2.75) is 361 Å². The second kappa shape index (κ2) is 70.8. The summed E-state index contributed by atoms with van der Waals surface area (Å²) in [6.45, 7) is 6.55. The van der Waals surface area contributed by atoms with Crippen molar-refractivity contribution < 1.29 is 28.6 Å². The number of esters is 3. The molecular weight excluding hydrogens is 1020 g/mol. The van der Waals surface area contributed by atoms with Crippen LogP contribution in [0.25, 0.3) is 0 Å². The van der Waals surface area contributed by atoms with E-state index in [1.807, 2.05) is 0 Å². The maximum absolute atomic E-state index is 13.0. The molecule has 0 rings (SSSR count). The molecule has 0 saturated carbocycles. The Kier molecular flexibility index (Phi) is 67.7. The zero-order valence-corrected chi connectivity index (χ0v) is 54.9. The lowest BCUT2D eigenvalue weighted by atomic mass is 10.0. The van der Waals surface area contributed by atoms with E-state index >= 15 is 0 Å². The molecule has 0 aromatic heterocycles. The Morgan fingerprint density at radius 3 is 0.747 bits per heavy atom. The van der Waals surface area contributed by atoms with Crippen LogP contribution >= 0.6 is 0 Å². The number of hydrogen-bond donors (Lipinski definition) is 0. The number of ether oxygens (including phenoxy) is 3. The molecule has 0 radical (unpaired) electrons. The molecule has 478 valence electrons. The molecule has 0 aromatic carbocycles. The first kappa shape index (κ1) is 79.3. The van der Waals surface area contributed by atoms with Crippen molar-refractivity contribution in [1.82, 2.24) is 0 Å². The Bertz CT molecular complexity index is 1610. The number of carbonyl (C=O) groups excluding carboxylic acids is 3. The van der Waals surface area contributed by atoms with Crippen LogP contribution in [0.5, 0.6) is 0 Å². The van der Waals surface area contributed by atoms with Crippen LogP contribution in [0.2, 0.25) is 0 Å². The largest absolute Gasteiger partial charge is 0.462 e. The zero-order valence-electron chi connectivity index (χ0n) is 54.9. The van der Waals surface area contributed by atoms with Crippen LogP contribution in [0.1, 0.15) is 355 Å². The Labute approximate surface area is 515 Å². The second-order valence-corrected chi connectivity index (χ2v) is 23.8. The molecule has 0 aliphatic carbocycles. The monoisotopic (exact) mass is 1160 g/mol. The summed E-state index contributed by atoms with van der Waals surface area (Å²) in [5.74, 6) is -0.897. The quantitative estimate of drug-likeness (QED) is 0.0261. The molecule has 6 nitrogen and oxygen atoms in total. The second-order valence-electron chi connectivity index (χ2n) is 23.8. The molecule has 0 amide bonds.